The van der Waals surface area contributed by atoms with Gasteiger partial charge in [0.2, 0.25) is 0 Å². The summed E-state index contributed by atoms with van der Waals surface area (Å²) in [5.74, 6) is -2.01. The van der Waals surface area contributed by atoms with E-state index in [2.05, 4.69) is 10.2 Å². The second-order valence-corrected chi connectivity index (χ2v) is 8.53. The number of nitrogens with zero attached hydrogens (tertiary/aromatic N) is 1. The van der Waals surface area contributed by atoms with Crippen molar-refractivity contribution in [2.24, 2.45) is 11.1 Å². The Morgan fingerprint density at radius 1 is 1.10 bits per heavy atom. The average Bonchev–Trinajstić information content (AvgIpc) is 2.60. The minimum absolute atomic E-state index is 0.0175. The molecular formula is C21H32F3N3O3. The molecule has 1 aromatic rings. The molecular weight excluding hydrogens is 399 g/mol. The summed E-state index contributed by atoms with van der Waals surface area (Å²) in [6, 6.07) is 9.82. The first-order valence-electron chi connectivity index (χ1n) is 9.81. The quantitative estimate of drug-likeness (QED) is 0.589. The highest BCUT2D eigenvalue weighted by atomic mass is 19.4. The monoisotopic (exact) mass is 431 g/mol. The first-order valence-corrected chi connectivity index (χ1v) is 9.81. The Morgan fingerprint density at radius 3 is 2.20 bits per heavy atom. The van der Waals surface area contributed by atoms with Gasteiger partial charge in [-0.3, -0.25) is 4.79 Å². The smallest absolute Gasteiger partial charge is 0.450 e. The molecule has 1 aromatic carbocycles. The first-order chi connectivity index (χ1) is 13.8. The van der Waals surface area contributed by atoms with E-state index in [4.69, 9.17) is 10.5 Å². The topological polar surface area (TPSA) is 84.7 Å². The molecule has 30 heavy (non-hydrogen) atoms. The Labute approximate surface area is 175 Å². The van der Waals surface area contributed by atoms with Gasteiger partial charge >= 0.3 is 18.2 Å². The highest BCUT2D eigenvalue weighted by Gasteiger charge is 2.48. The summed E-state index contributed by atoms with van der Waals surface area (Å²) < 4.78 is 43.7. The summed E-state index contributed by atoms with van der Waals surface area (Å²) in [5.41, 5.74) is 4.14. The number of alkyl halides is 3. The molecule has 9 heteroatoms. The zero-order chi connectivity index (χ0) is 23.0. The van der Waals surface area contributed by atoms with Crippen molar-refractivity contribution in [3.8, 4) is 0 Å². The number of halogens is 3. The van der Waals surface area contributed by atoms with Crippen molar-refractivity contribution < 1.29 is 27.5 Å². The molecule has 6 nitrogen and oxygen atoms in total. The van der Waals surface area contributed by atoms with Crippen LogP contribution in [0.3, 0.4) is 0 Å². The van der Waals surface area contributed by atoms with Gasteiger partial charge in [0.25, 0.3) is 0 Å². The van der Waals surface area contributed by atoms with Crippen LogP contribution in [0.2, 0.25) is 0 Å². The van der Waals surface area contributed by atoms with E-state index in [1.54, 1.807) is 20.8 Å². The molecule has 2 amide bonds. The molecule has 1 atom stereocenters. The van der Waals surface area contributed by atoms with Gasteiger partial charge in [-0.25, -0.2) is 4.79 Å². The fourth-order valence-corrected chi connectivity index (χ4v) is 3.43. The maximum Gasteiger partial charge on any atom is 0.471 e. The summed E-state index contributed by atoms with van der Waals surface area (Å²) in [5, 5.41) is 2.19. The third kappa shape index (κ3) is 8.22. The number of carbonyl (C=O) groups excluding carboxylic acids is 2. The molecule has 1 unspecified atom stereocenters. The lowest BCUT2D eigenvalue weighted by atomic mass is 9.69. The Balaban J connectivity index is 2.90. The summed E-state index contributed by atoms with van der Waals surface area (Å²) in [7, 11) is 1.93. The van der Waals surface area contributed by atoms with Crippen LogP contribution in [0.4, 0.5) is 18.0 Å². The number of hydrogen-bond acceptors (Lipinski definition) is 4. The maximum absolute atomic E-state index is 13.0. The van der Waals surface area contributed by atoms with Crippen molar-refractivity contribution in [3.05, 3.63) is 35.9 Å². The van der Waals surface area contributed by atoms with Gasteiger partial charge in [0.15, 0.2) is 0 Å². The van der Waals surface area contributed by atoms with E-state index in [0.717, 1.165) is 5.56 Å². The average molecular weight is 431 g/mol. The molecule has 0 bridgehead atoms. The maximum atomic E-state index is 13.0. The first kappa shape index (κ1) is 25.7. The number of ether oxygens (including phenoxy) is 1. The lowest BCUT2D eigenvalue weighted by Gasteiger charge is -2.46. The molecule has 0 aliphatic rings. The van der Waals surface area contributed by atoms with Gasteiger partial charge in [-0.2, -0.15) is 13.2 Å². The Bertz CT molecular complexity index is 690. The van der Waals surface area contributed by atoms with E-state index in [9.17, 15) is 22.8 Å². The third-order valence-electron chi connectivity index (χ3n) is 5.26. The molecule has 0 saturated heterocycles. The van der Waals surface area contributed by atoms with Gasteiger partial charge in [0.05, 0.1) is 6.61 Å². The SMILES string of the molecule is CN(CCCC(CCOC(N)=O)(NC(=O)C(F)(F)F)C(C)(C)C)Cc1ccccc1. The van der Waals surface area contributed by atoms with E-state index in [-0.39, 0.29) is 19.4 Å². The highest BCUT2D eigenvalue weighted by Crippen LogP contribution is 2.38. The summed E-state index contributed by atoms with van der Waals surface area (Å²) in [4.78, 5) is 24.8. The normalized spacial score (nSPS) is 14.3. The molecule has 0 heterocycles. The predicted molar refractivity (Wildman–Crippen MR) is 109 cm³/mol. The molecule has 1 rings (SSSR count). The van der Waals surface area contributed by atoms with E-state index in [0.29, 0.717) is 19.5 Å². The van der Waals surface area contributed by atoms with E-state index in [1.807, 2.05) is 37.4 Å². The van der Waals surface area contributed by atoms with Crippen LogP contribution in [-0.2, 0) is 16.1 Å². The Hall–Kier alpha value is -2.29. The standard InChI is InChI=1S/C21H32F3N3O3/c1-19(2,3)20(12-14-30-18(25)29,26-17(28)21(22,23)24)11-8-13-27(4)15-16-9-6-5-7-10-16/h5-7,9-10H,8,11-15H2,1-4H3,(H2,25,29)(H,26,28). The highest BCUT2D eigenvalue weighted by molar-refractivity contribution is 5.82. The Kier molecular flexibility index (Phi) is 9.14. The molecule has 0 fully saturated rings. The summed E-state index contributed by atoms with van der Waals surface area (Å²) >= 11 is 0. The third-order valence-corrected chi connectivity index (χ3v) is 5.26. The lowest BCUT2D eigenvalue weighted by molar-refractivity contribution is -0.177. The van der Waals surface area contributed by atoms with Crippen molar-refractivity contribution in [3.63, 3.8) is 0 Å². The van der Waals surface area contributed by atoms with Gasteiger partial charge in [-0.1, -0.05) is 51.1 Å². The second-order valence-electron chi connectivity index (χ2n) is 8.53. The zero-order valence-electron chi connectivity index (χ0n) is 18.0. The van der Waals surface area contributed by atoms with E-state index in [1.165, 1.54) is 0 Å². The van der Waals surface area contributed by atoms with Crippen molar-refractivity contribution in [1.82, 2.24) is 10.2 Å². The molecule has 0 saturated carbocycles. The number of rotatable bonds is 10. The Morgan fingerprint density at radius 2 is 1.70 bits per heavy atom. The number of carbonyl (C=O) groups is 2. The van der Waals surface area contributed by atoms with Crippen LogP contribution < -0.4 is 11.1 Å². The molecule has 170 valence electrons. The van der Waals surface area contributed by atoms with Gasteiger partial charge in [0, 0.05) is 18.5 Å². The number of nitrogens with one attached hydrogen (secondary N) is 1. The lowest BCUT2D eigenvalue weighted by Crippen LogP contribution is -2.60. The molecule has 3 N–H and O–H groups in total. The molecule has 0 aliphatic heterocycles. The van der Waals surface area contributed by atoms with Crippen molar-refractivity contribution in [1.29, 1.82) is 0 Å². The van der Waals surface area contributed by atoms with Crippen molar-refractivity contribution >= 4 is 12.0 Å². The molecule has 0 aliphatic carbocycles. The molecule has 0 spiro atoms. The molecule has 0 radical (unpaired) electrons. The van der Waals surface area contributed by atoms with E-state index >= 15 is 0 Å². The van der Waals surface area contributed by atoms with Gasteiger partial charge < -0.3 is 20.7 Å². The van der Waals surface area contributed by atoms with Crippen LogP contribution in [0, 0.1) is 5.41 Å². The summed E-state index contributed by atoms with van der Waals surface area (Å²) in [6.07, 6.45) is -5.19. The van der Waals surface area contributed by atoms with Crippen molar-refractivity contribution in [2.45, 2.75) is 58.3 Å². The predicted octanol–water partition coefficient (Wildman–Crippen LogP) is 3.85. The van der Waals surface area contributed by atoms with Crippen LogP contribution in [0.5, 0.6) is 0 Å². The van der Waals surface area contributed by atoms with Crippen LogP contribution in [0.15, 0.2) is 30.3 Å². The second kappa shape index (κ2) is 10.7. The minimum atomic E-state index is -5.01. The van der Waals surface area contributed by atoms with Gasteiger partial charge in [-0.05, 0) is 37.4 Å². The van der Waals surface area contributed by atoms with Crippen LogP contribution in [0.1, 0.15) is 45.6 Å². The van der Waals surface area contributed by atoms with Crippen LogP contribution in [-0.4, -0.2) is 48.8 Å². The number of benzene rings is 1. The number of amides is 2. The largest absolute Gasteiger partial charge is 0.471 e. The minimum Gasteiger partial charge on any atom is -0.450 e. The van der Waals surface area contributed by atoms with E-state index < -0.39 is 29.1 Å². The van der Waals surface area contributed by atoms with Crippen LogP contribution in [0.25, 0.3) is 0 Å². The number of hydrogen-bond donors (Lipinski definition) is 2. The fraction of sp³-hybridized carbons (Fsp3) is 0.619. The van der Waals surface area contributed by atoms with Gasteiger partial charge in [0.1, 0.15) is 0 Å². The molecule has 0 aromatic heterocycles. The zero-order valence-corrected chi connectivity index (χ0v) is 18.0. The van der Waals surface area contributed by atoms with Crippen LogP contribution >= 0.6 is 0 Å². The van der Waals surface area contributed by atoms with Gasteiger partial charge in [-0.15, -0.1) is 0 Å². The summed E-state index contributed by atoms with van der Waals surface area (Å²) in [6.45, 7) is 6.38. The fourth-order valence-electron chi connectivity index (χ4n) is 3.43. The van der Waals surface area contributed by atoms with Crippen molar-refractivity contribution in [2.75, 3.05) is 20.2 Å². The number of primary amides is 1. The number of nitrogens with two attached hydrogens (primary N) is 1.